The number of benzene rings is 2. The molecule has 0 fully saturated rings. The molecule has 0 amide bonds. The summed E-state index contributed by atoms with van der Waals surface area (Å²) in [4.78, 5) is 3.24. The molecule has 1 heterocycles. The number of aromatic nitrogens is 2. The maximum atomic E-state index is 6.11. The largest absolute Gasteiger partial charge is 0.331 e. The van der Waals surface area contributed by atoms with Crippen LogP contribution in [0.3, 0.4) is 0 Å². The molecule has 1 atom stereocenters. The molecule has 0 aliphatic heterocycles. The summed E-state index contributed by atoms with van der Waals surface area (Å²) < 4.78 is 2.83. The summed E-state index contributed by atoms with van der Waals surface area (Å²) in [5, 5.41) is 0.719. The van der Waals surface area contributed by atoms with Gasteiger partial charge in [-0.1, -0.05) is 41.4 Å². The average molecular weight is 303 g/mol. The Morgan fingerprint density at radius 1 is 1.15 bits per heavy atom. The maximum absolute atomic E-state index is 6.11. The summed E-state index contributed by atoms with van der Waals surface area (Å²) >= 11 is 11.6. The molecular formula is C16H15ClN2S. The maximum Gasteiger partial charge on any atom is 0.178 e. The minimum atomic E-state index is 0.162. The molecule has 3 rings (SSSR count). The van der Waals surface area contributed by atoms with Gasteiger partial charge in [-0.3, -0.25) is 0 Å². The second-order valence-corrected chi connectivity index (χ2v) is 5.87. The van der Waals surface area contributed by atoms with E-state index < -0.39 is 0 Å². The molecule has 2 nitrogen and oxygen atoms in total. The van der Waals surface area contributed by atoms with Crippen molar-refractivity contribution in [2.75, 3.05) is 0 Å². The highest BCUT2D eigenvalue weighted by Crippen LogP contribution is 2.26. The molecule has 0 saturated carbocycles. The Morgan fingerprint density at radius 3 is 2.55 bits per heavy atom. The van der Waals surface area contributed by atoms with Crippen molar-refractivity contribution in [3.63, 3.8) is 0 Å². The van der Waals surface area contributed by atoms with E-state index >= 15 is 0 Å². The van der Waals surface area contributed by atoms with Crippen molar-refractivity contribution in [2.45, 2.75) is 19.9 Å². The number of hydrogen-bond donors (Lipinski definition) is 1. The third-order valence-electron chi connectivity index (χ3n) is 3.63. The smallest absolute Gasteiger partial charge is 0.178 e. The minimum Gasteiger partial charge on any atom is -0.331 e. The summed E-state index contributed by atoms with van der Waals surface area (Å²) in [5.74, 6) is 0. The van der Waals surface area contributed by atoms with Crippen molar-refractivity contribution in [2.24, 2.45) is 0 Å². The van der Waals surface area contributed by atoms with Gasteiger partial charge in [-0.2, -0.15) is 0 Å². The van der Waals surface area contributed by atoms with Crippen LogP contribution in [0.1, 0.15) is 24.1 Å². The molecule has 1 N–H and O–H groups in total. The van der Waals surface area contributed by atoms with Gasteiger partial charge in [-0.25, -0.2) is 0 Å². The fourth-order valence-electron chi connectivity index (χ4n) is 2.47. The van der Waals surface area contributed by atoms with Crippen LogP contribution in [-0.4, -0.2) is 9.55 Å². The first-order chi connectivity index (χ1) is 9.56. The Hall–Kier alpha value is -1.58. The van der Waals surface area contributed by atoms with Gasteiger partial charge in [0, 0.05) is 5.02 Å². The number of fused-ring (bicyclic) bond motifs is 1. The van der Waals surface area contributed by atoms with E-state index in [0.717, 1.165) is 20.8 Å². The molecule has 2 aromatic carbocycles. The third kappa shape index (κ3) is 2.28. The Kier molecular flexibility index (Phi) is 3.40. The molecule has 0 aliphatic rings. The average Bonchev–Trinajstić information content (AvgIpc) is 2.74. The fraction of sp³-hybridized carbons (Fsp3) is 0.188. The molecule has 4 heteroatoms. The van der Waals surface area contributed by atoms with Gasteiger partial charge in [0.15, 0.2) is 4.77 Å². The minimum absolute atomic E-state index is 0.162. The van der Waals surface area contributed by atoms with E-state index in [9.17, 15) is 0 Å². The Labute approximate surface area is 128 Å². The van der Waals surface area contributed by atoms with Crippen molar-refractivity contribution in [1.82, 2.24) is 9.55 Å². The fourth-order valence-corrected chi connectivity index (χ4v) is 3.01. The van der Waals surface area contributed by atoms with E-state index in [1.165, 1.54) is 11.1 Å². The normalized spacial score (nSPS) is 12.8. The van der Waals surface area contributed by atoms with E-state index in [1.807, 2.05) is 18.2 Å². The van der Waals surface area contributed by atoms with E-state index in [1.54, 1.807) is 0 Å². The van der Waals surface area contributed by atoms with Crippen LogP contribution in [0.15, 0.2) is 42.5 Å². The Morgan fingerprint density at radius 2 is 1.85 bits per heavy atom. The summed E-state index contributed by atoms with van der Waals surface area (Å²) in [6.07, 6.45) is 0. The zero-order valence-electron chi connectivity index (χ0n) is 11.4. The number of hydrogen-bond acceptors (Lipinski definition) is 1. The SMILES string of the molecule is Cc1ccc(C(C)n2c(=S)[nH]c3ccc(Cl)cc32)cc1. The first-order valence-electron chi connectivity index (χ1n) is 6.52. The van der Waals surface area contributed by atoms with Gasteiger partial charge in [-0.05, 0) is 49.8 Å². The third-order valence-corrected chi connectivity index (χ3v) is 4.16. The molecule has 0 spiro atoms. The first kappa shape index (κ1) is 13.4. The summed E-state index contributed by atoms with van der Waals surface area (Å²) in [6.45, 7) is 4.24. The van der Waals surface area contributed by atoms with E-state index in [-0.39, 0.29) is 6.04 Å². The van der Waals surface area contributed by atoms with Gasteiger partial charge < -0.3 is 9.55 Å². The topological polar surface area (TPSA) is 20.7 Å². The summed E-state index contributed by atoms with van der Waals surface area (Å²) in [7, 11) is 0. The molecule has 1 aromatic heterocycles. The molecule has 0 aliphatic carbocycles. The van der Waals surface area contributed by atoms with Crippen molar-refractivity contribution in [3.8, 4) is 0 Å². The van der Waals surface area contributed by atoms with Gasteiger partial charge >= 0.3 is 0 Å². The van der Waals surface area contributed by atoms with Crippen LogP contribution in [0.5, 0.6) is 0 Å². The van der Waals surface area contributed by atoms with E-state index in [0.29, 0.717) is 0 Å². The number of rotatable bonds is 2. The number of aromatic amines is 1. The number of imidazole rings is 1. The van der Waals surface area contributed by atoms with Crippen molar-refractivity contribution in [3.05, 3.63) is 63.4 Å². The quantitative estimate of drug-likeness (QED) is 0.640. The van der Waals surface area contributed by atoms with Crippen LogP contribution in [0, 0.1) is 11.7 Å². The molecule has 0 saturated heterocycles. The number of nitrogens with zero attached hydrogens (tertiary/aromatic N) is 1. The van der Waals surface area contributed by atoms with Crippen LogP contribution in [0.25, 0.3) is 11.0 Å². The zero-order valence-corrected chi connectivity index (χ0v) is 12.9. The lowest BCUT2D eigenvalue weighted by atomic mass is 10.1. The molecule has 20 heavy (non-hydrogen) atoms. The van der Waals surface area contributed by atoms with Crippen molar-refractivity contribution in [1.29, 1.82) is 0 Å². The molecular weight excluding hydrogens is 288 g/mol. The standard InChI is InChI=1S/C16H15ClN2S/c1-10-3-5-12(6-4-10)11(2)19-15-9-13(17)7-8-14(15)18-16(19)20/h3-9,11H,1-2H3,(H,18,20). The number of halogens is 1. The summed E-state index contributed by atoms with van der Waals surface area (Å²) in [5.41, 5.74) is 4.54. The highest BCUT2D eigenvalue weighted by atomic mass is 35.5. The monoisotopic (exact) mass is 302 g/mol. The molecule has 102 valence electrons. The number of nitrogens with one attached hydrogen (secondary N) is 1. The van der Waals surface area contributed by atoms with Crippen molar-refractivity contribution >= 4 is 34.9 Å². The van der Waals surface area contributed by atoms with E-state index in [2.05, 4.69) is 47.7 Å². The second-order valence-electron chi connectivity index (χ2n) is 5.05. The van der Waals surface area contributed by atoms with Crippen LogP contribution >= 0.6 is 23.8 Å². The highest BCUT2D eigenvalue weighted by Gasteiger charge is 2.13. The van der Waals surface area contributed by atoms with Gasteiger partial charge in [-0.15, -0.1) is 0 Å². The lowest BCUT2D eigenvalue weighted by Crippen LogP contribution is -2.06. The predicted molar refractivity (Wildman–Crippen MR) is 87.1 cm³/mol. The van der Waals surface area contributed by atoms with Crippen LogP contribution in [0.2, 0.25) is 5.02 Å². The molecule has 1 unspecified atom stereocenters. The van der Waals surface area contributed by atoms with Crippen LogP contribution < -0.4 is 0 Å². The zero-order chi connectivity index (χ0) is 14.3. The van der Waals surface area contributed by atoms with Gasteiger partial charge in [0.1, 0.15) is 0 Å². The Balaban J connectivity index is 2.18. The molecule has 0 bridgehead atoms. The van der Waals surface area contributed by atoms with Crippen molar-refractivity contribution < 1.29 is 0 Å². The van der Waals surface area contributed by atoms with Gasteiger partial charge in [0.05, 0.1) is 17.1 Å². The summed E-state index contributed by atoms with van der Waals surface area (Å²) in [6, 6.07) is 14.5. The van der Waals surface area contributed by atoms with Gasteiger partial charge in [0.2, 0.25) is 0 Å². The number of aryl methyl sites for hydroxylation is 1. The van der Waals surface area contributed by atoms with Crippen LogP contribution in [0.4, 0.5) is 0 Å². The van der Waals surface area contributed by atoms with E-state index in [4.69, 9.17) is 23.8 Å². The predicted octanol–water partition coefficient (Wildman–Crippen LogP) is 5.27. The van der Waals surface area contributed by atoms with Crippen LogP contribution in [-0.2, 0) is 0 Å². The first-order valence-corrected chi connectivity index (χ1v) is 7.31. The Bertz CT molecular complexity index is 815. The van der Waals surface area contributed by atoms with Gasteiger partial charge in [0.25, 0.3) is 0 Å². The second kappa shape index (κ2) is 5.08. The lowest BCUT2D eigenvalue weighted by Gasteiger charge is -2.15. The number of H-pyrrole nitrogens is 1. The molecule has 0 radical (unpaired) electrons. The highest BCUT2D eigenvalue weighted by molar-refractivity contribution is 7.71. The lowest BCUT2D eigenvalue weighted by molar-refractivity contribution is 0.649. The molecule has 3 aromatic rings.